The van der Waals surface area contributed by atoms with Crippen molar-refractivity contribution in [3.05, 3.63) is 17.5 Å². The molecule has 14 heavy (non-hydrogen) atoms. The van der Waals surface area contributed by atoms with Crippen LogP contribution in [0.2, 0.25) is 0 Å². The molecule has 0 bridgehead atoms. The fourth-order valence-electron chi connectivity index (χ4n) is 1.00. The van der Waals surface area contributed by atoms with E-state index in [0.717, 1.165) is 0 Å². The molecule has 0 atom stereocenters. The maximum Gasteiger partial charge on any atom is 0.374 e. The highest BCUT2D eigenvalue weighted by atomic mass is 16.5. The molecular formula is C9H13NO4. The molecule has 0 fully saturated rings. The van der Waals surface area contributed by atoms with E-state index in [4.69, 9.17) is 9.84 Å². The van der Waals surface area contributed by atoms with Crippen LogP contribution in [0, 0.1) is 0 Å². The number of hydrogen-bond acceptors (Lipinski definition) is 4. The Labute approximate surface area is 81.7 Å². The minimum Gasteiger partial charge on any atom is -0.475 e. The second kappa shape index (κ2) is 3.79. The molecule has 0 amide bonds. The molecule has 1 rings (SSSR count). The number of carboxylic acid groups (broad SMARTS) is 1. The van der Waals surface area contributed by atoms with Crippen LogP contribution in [0.4, 0.5) is 0 Å². The Morgan fingerprint density at radius 1 is 1.71 bits per heavy atom. The topological polar surface area (TPSA) is 72.6 Å². The molecule has 5 heteroatoms. The average Bonchev–Trinajstić information content (AvgIpc) is 2.52. The van der Waals surface area contributed by atoms with Crippen LogP contribution in [0.5, 0.6) is 0 Å². The summed E-state index contributed by atoms with van der Waals surface area (Å²) < 4.78 is 9.79. The highest BCUT2D eigenvalue weighted by Gasteiger charge is 2.20. The summed E-state index contributed by atoms with van der Waals surface area (Å²) in [5.74, 6) is -1.26. The number of carboxylic acids is 1. The highest BCUT2D eigenvalue weighted by Crippen LogP contribution is 2.15. The lowest BCUT2D eigenvalue weighted by atomic mass is 10.0. The van der Waals surface area contributed by atoms with Gasteiger partial charge in [0.1, 0.15) is 0 Å². The Kier molecular flexibility index (Phi) is 2.90. The van der Waals surface area contributed by atoms with Crippen LogP contribution in [0.25, 0.3) is 0 Å². The lowest BCUT2D eigenvalue weighted by molar-refractivity contribution is 0.0218. The lowest BCUT2D eigenvalue weighted by Gasteiger charge is -2.20. The predicted molar refractivity (Wildman–Crippen MR) is 48.3 cm³/mol. The van der Waals surface area contributed by atoms with Gasteiger partial charge in [0, 0.05) is 19.6 Å². The normalized spacial score (nSPS) is 11.6. The molecule has 0 aliphatic carbocycles. The monoisotopic (exact) mass is 199 g/mol. The molecule has 0 aromatic carbocycles. The van der Waals surface area contributed by atoms with Gasteiger partial charge in [0.25, 0.3) is 0 Å². The van der Waals surface area contributed by atoms with Crippen LogP contribution < -0.4 is 0 Å². The van der Waals surface area contributed by atoms with E-state index >= 15 is 0 Å². The zero-order valence-corrected chi connectivity index (χ0v) is 8.40. The van der Waals surface area contributed by atoms with E-state index in [1.165, 1.54) is 6.07 Å². The van der Waals surface area contributed by atoms with E-state index in [9.17, 15) is 4.79 Å². The van der Waals surface area contributed by atoms with Gasteiger partial charge < -0.3 is 14.4 Å². The number of hydrogen-bond donors (Lipinski definition) is 1. The zero-order valence-electron chi connectivity index (χ0n) is 8.40. The fourth-order valence-corrected chi connectivity index (χ4v) is 1.00. The Morgan fingerprint density at radius 2 is 2.36 bits per heavy atom. The van der Waals surface area contributed by atoms with Gasteiger partial charge in [0.2, 0.25) is 5.76 Å². The van der Waals surface area contributed by atoms with Gasteiger partial charge in [-0.3, -0.25) is 0 Å². The third kappa shape index (κ3) is 2.56. The van der Waals surface area contributed by atoms with E-state index in [0.29, 0.717) is 12.1 Å². The van der Waals surface area contributed by atoms with Crippen molar-refractivity contribution in [1.29, 1.82) is 0 Å². The molecule has 0 aliphatic rings. The van der Waals surface area contributed by atoms with Crippen molar-refractivity contribution in [2.75, 3.05) is 7.11 Å². The lowest BCUT2D eigenvalue weighted by Crippen LogP contribution is -2.25. The number of methoxy groups -OCH3 is 1. The van der Waals surface area contributed by atoms with Crippen LogP contribution >= 0.6 is 0 Å². The van der Waals surface area contributed by atoms with Crippen molar-refractivity contribution < 1.29 is 19.2 Å². The quantitative estimate of drug-likeness (QED) is 0.792. The zero-order chi connectivity index (χ0) is 10.8. The molecule has 5 nitrogen and oxygen atoms in total. The number of nitrogens with zero attached hydrogens (tertiary/aromatic N) is 1. The molecular weight excluding hydrogens is 186 g/mol. The van der Waals surface area contributed by atoms with E-state index in [1.807, 2.05) is 13.8 Å². The largest absolute Gasteiger partial charge is 0.475 e. The van der Waals surface area contributed by atoms with E-state index in [-0.39, 0.29) is 11.4 Å². The summed E-state index contributed by atoms with van der Waals surface area (Å²) in [5, 5.41) is 12.2. The van der Waals surface area contributed by atoms with Gasteiger partial charge in [-0.1, -0.05) is 5.16 Å². The molecule has 1 heterocycles. The van der Waals surface area contributed by atoms with Gasteiger partial charge in [-0.15, -0.1) is 0 Å². The second-order valence-electron chi connectivity index (χ2n) is 3.63. The first-order chi connectivity index (χ1) is 6.44. The molecule has 1 N–H and O–H groups in total. The van der Waals surface area contributed by atoms with Crippen LogP contribution in [-0.4, -0.2) is 28.9 Å². The smallest absolute Gasteiger partial charge is 0.374 e. The van der Waals surface area contributed by atoms with Gasteiger partial charge in [-0.05, 0) is 13.8 Å². The molecule has 0 unspecified atom stereocenters. The Morgan fingerprint density at radius 3 is 2.79 bits per heavy atom. The maximum absolute atomic E-state index is 10.5. The average molecular weight is 199 g/mol. The third-order valence-corrected chi connectivity index (χ3v) is 1.93. The van der Waals surface area contributed by atoms with Crippen molar-refractivity contribution in [2.24, 2.45) is 0 Å². The highest BCUT2D eigenvalue weighted by molar-refractivity contribution is 5.84. The summed E-state index contributed by atoms with van der Waals surface area (Å²) in [4.78, 5) is 10.5. The first-order valence-corrected chi connectivity index (χ1v) is 4.18. The van der Waals surface area contributed by atoms with Gasteiger partial charge >= 0.3 is 5.97 Å². The SMILES string of the molecule is COC(C)(C)Cc1cc(C(=O)O)on1. The molecule has 0 radical (unpaired) electrons. The Hall–Kier alpha value is -1.36. The van der Waals surface area contributed by atoms with Crippen molar-refractivity contribution in [2.45, 2.75) is 25.9 Å². The standard InChI is InChI=1S/C9H13NO4/c1-9(2,13-3)5-6-4-7(8(11)12)14-10-6/h4H,5H2,1-3H3,(H,11,12). The number of ether oxygens (including phenoxy) is 1. The first kappa shape index (κ1) is 10.7. The summed E-state index contributed by atoms with van der Waals surface area (Å²) in [5.41, 5.74) is 0.210. The predicted octanol–water partition coefficient (Wildman–Crippen LogP) is 1.34. The Balaban J connectivity index is 2.73. The van der Waals surface area contributed by atoms with E-state index in [1.54, 1.807) is 7.11 Å². The van der Waals surface area contributed by atoms with E-state index in [2.05, 4.69) is 9.68 Å². The summed E-state index contributed by atoms with van der Waals surface area (Å²) in [6.45, 7) is 3.78. The minimum atomic E-state index is -1.11. The molecule has 0 saturated heterocycles. The minimum absolute atomic E-state index is 0.146. The fraction of sp³-hybridized carbons (Fsp3) is 0.556. The molecule has 1 aromatic heterocycles. The summed E-state index contributed by atoms with van der Waals surface area (Å²) >= 11 is 0. The summed E-state index contributed by atoms with van der Waals surface area (Å²) in [7, 11) is 1.60. The number of rotatable bonds is 4. The van der Waals surface area contributed by atoms with Crippen LogP contribution in [0.15, 0.2) is 10.6 Å². The molecule has 0 spiro atoms. The Bertz CT molecular complexity index is 329. The van der Waals surface area contributed by atoms with Crippen molar-refractivity contribution in [1.82, 2.24) is 5.16 Å². The van der Waals surface area contributed by atoms with Gasteiger partial charge in [-0.25, -0.2) is 4.79 Å². The van der Waals surface area contributed by atoms with Crippen LogP contribution in [0.1, 0.15) is 30.1 Å². The molecule has 1 aromatic rings. The van der Waals surface area contributed by atoms with Crippen molar-refractivity contribution in [3.8, 4) is 0 Å². The second-order valence-corrected chi connectivity index (χ2v) is 3.63. The molecule has 0 aliphatic heterocycles. The summed E-state index contributed by atoms with van der Waals surface area (Å²) in [6, 6.07) is 1.41. The molecule has 0 saturated carbocycles. The first-order valence-electron chi connectivity index (χ1n) is 4.18. The number of aromatic carboxylic acids is 1. The van der Waals surface area contributed by atoms with Crippen molar-refractivity contribution in [3.63, 3.8) is 0 Å². The summed E-state index contributed by atoms with van der Waals surface area (Å²) in [6.07, 6.45) is 0.514. The van der Waals surface area contributed by atoms with Gasteiger partial charge in [0.05, 0.1) is 11.3 Å². The number of carbonyl (C=O) groups is 1. The maximum atomic E-state index is 10.5. The van der Waals surface area contributed by atoms with Crippen LogP contribution in [0.3, 0.4) is 0 Å². The number of aromatic nitrogens is 1. The van der Waals surface area contributed by atoms with E-state index < -0.39 is 5.97 Å². The van der Waals surface area contributed by atoms with Crippen molar-refractivity contribution >= 4 is 5.97 Å². The van der Waals surface area contributed by atoms with Crippen LogP contribution in [-0.2, 0) is 11.2 Å². The van der Waals surface area contributed by atoms with Gasteiger partial charge in [0.15, 0.2) is 0 Å². The third-order valence-electron chi connectivity index (χ3n) is 1.93. The van der Waals surface area contributed by atoms with Gasteiger partial charge in [-0.2, -0.15) is 0 Å². The molecule has 78 valence electrons.